The Bertz CT molecular complexity index is 1240. The second-order valence-corrected chi connectivity index (χ2v) is 11.2. The van der Waals surface area contributed by atoms with Gasteiger partial charge in [-0.2, -0.15) is 0 Å². The molecule has 3 aromatic rings. The van der Waals surface area contributed by atoms with E-state index < -0.39 is 0 Å². The summed E-state index contributed by atoms with van der Waals surface area (Å²) in [5.74, 6) is 0.649. The number of aromatic nitrogens is 1. The van der Waals surface area contributed by atoms with Crippen LogP contribution in [0.3, 0.4) is 0 Å². The van der Waals surface area contributed by atoms with Gasteiger partial charge in [-0.25, -0.2) is 0 Å². The number of hydrogen-bond donors (Lipinski definition) is 1. The van der Waals surface area contributed by atoms with Crippen LogP contribution in [-0.4, -0.2) is 64.6 Å². The molecule has 0 bridgehead atoms. The molecule has 3 heterocycles. The lowest BCUT2D eigenvalue weighted by molar-refractivity contribution is 0.0242. The van der Waals surface area contributed by atoms with Crippen LogP contribution in [-0.2, 0) is 6.42 Å². The minimum atomic E-state index is 0.0162. The predicted octanol–water partition coefficient (Wildman–Crippen LogP) is 5.97. The highest BCUT2D eigenvalue weighted by molar-refractivity contribution is 6.42. The summed E-state index contributed by atoms with van der Waals surface area (Å²) in [5, 5.41) is 12.6. The maximum atomic E-state index is 13.4. The van der Waals surface area contributed by atoms with Crippen molar-refractivity contribution < 1.29 is 9.90 Å². The topological polar surface area (TPSA) is 56.7 Å². The maximum Gasteiger partial charge on any atom is 0.254 e. The average molecular weight is 547 g/mol. The second kappa shape index (κ2) is 11.2. The zero-order valence-electron chi connectivity index (χ0n) is 20.0. The number of pyridine rings is 1. The number of carbonyl (C=O) groups excluding carboxylic acids is 1. The first-order valence-corrected chi connectivity index (χ1v) is 13.7. The molecular weight excluding hydrogens is 517 g/mol. The molecule has 5 rings (SSSR count). The monoisotopic (exact) mass is 545 g/mol. The van der Waals surface area contributed by atoms with Crippen LogP contribution in [0.1, 0.15) is 35.2 Å². The zero-order valence-corrected chi connectivity index (χ0v) is 22.3. The van der Waals surface area contributed by atoms with Crippen LogP contribution in [0.4, 0.5) is 0 Å². The number of aliphatic hydroxyl groups is 1. The van der Waals surface area contributed by atoms with E-state index in [9.17, 15) is 9.90 Å². The number of piperidine rings is 2. The number of hydrogen-bond acceptors (Lipinski definition) is 4. The number of aliphatic hydroxyl groups excluding tert-OH is 1. The lowest BCUT2D eigenvalue weighted by Gasteiger charge is -2.44. The number of halogens is 3. The molecule has 2 aliphatic rings. The number of nitrogens with zero attached hydrogens (tertiary/aromatic N) is 3. The van der Waals surface area contributed by atoms with Crippen molar-refractivity contribution in [1.82, 2.24) is 14.8 Å². The Morgan fingerprint density at radius 1 is 0.944 bits per heavy atom. The van der Waals surface area contributed by atoms with Gasteiger partial charge < -0.3 is 10.0 Å². The van der Waals surface area contributed by atoms with Crippen molar-refractivity contribution in [2.75, 3.05) is 32.8 Å². The van der Waals surface area contributed by atoms with Gasteiger partial charge in [0.2, 0.25) is 0 Å². The summed E-state index contributed by atoms with van der Waals surface area (Å²) in [5.41, 5.74) is 2.52. The number of benzene rings is 2. The SMILES string of the molecule is O=C(c1ccnc2cccc(Cl)c12)N1CCC(N2CC[C@H](Cc3ccc(Cl)c(Cl)c3)[C@H](CO)C2)CC1. The highest BCUT2D eigenvalue weighted by Crippen LogP contribution is 2.33. The lowest BCUT2D eigenvalue weighted by atomic mass is 9.80. The summed E-state index contributed by atoms with van der Waals surface area (Å²) >= 11 is 18.7. The van der Waals surface area contributed by atoms with Gasteiger partial charge in [-0.1, -0.05) is 46.9 Å². The molecule has 36 heavy (non-hydrogen) atoms. The van der Waals surface area contributed by atoms with E-state index in [1.54, 1.807) is 18.3 Å². The first kappa shape index (κ1) is 25.7. The fraction of sp³-hybridized carbons (Fsp3) is 0.429. The first-order chi connectivity index (χ1) is 17.4. The molecule has 0 saturated carbocycles. The van der Waals surface area contributed by atoms with Gasteiger partial charge in [-0.15, -0.1) is 0 Å². The molecule has 0 aliphatic carbocycles. The highest BCUT2D eigenvalue weighted by atomic mass is 35.5. The van der Waals surface area contributed by atoms with Crippen LogP contribution < -0.4 is 0 Å². The summed E-state index contributed by atoms with van der Waals surface area (Å²) in [7, 11) is 0. The van der Waals surface area contributed by atoms with Gasteiger partial charge in [0.05, 0.1) is 26.1 Å². The molecule has 1 aromatic heterocycles. The molecule has 2 saturated heterocycles. The summed E-state index contributed by atoms with van der Waals surface area (Å²) in [6.45, 7) is 3.49. The third kappa shape index (κ3) is 5.36. The normalized spacial score (nSPS) is 21.7. The van der Waals surface area contributed by atoms with Crippen LogP contribution in [0.2, 0.25) is 15.1 Å². The van der Waals surface area contributed by atoms with Crippen molar-refractivity contribution in [3.8, 4) is 0 Å². The molecule has 190 valence electrons. The molecule has 1 N–H and O–H groups in total. The van der Waals surface area contributed by atoms with Crippen LogP contribution in [0, 0.1) is 11.8 Å². The first-order valence-electron chi connectivity index (χ1n) is 12.6. The predicted molar refractivity (Wildman–Crippen MR) is 146 cm³/mol. The molecule has 0 unspecified atom stereocenters. The Morgan fingerprint density at radius 3 is 2.50 bits per heavy atom. The third-order valence-electron chi connectivity index (χ3n) is 7.85. The fourth-order valence-electron chi connectivity index (χ4n) is 5.83. The van der Waals surface area contributed by atoms with Gasteiger partial charge in [0, 0.05) is 43.9 Å². The van der Waals surface area contributed by atoms with Crippen molar-refractivity contribution in [2.24, 2.45) is 11.8 Å². The Morgan fingerprint density at radius 2 is 1.75 bits per heavy atom. The third-order valence-corrected chi connectivity index (χ3v) is 8.91. The number of carbonyl (C=O) groups is 1. The molecule has 2 aromatic carbocycles. The largest absolute Gasteiger partial charge is 0.396 e. The molecular formula is C28H30Cl3N3O2. The zero-order chi connectivity index (χ0) is 25.2. The van der Waals surface area contributed by atoms with Crippen molar-refractivity contribution in [3.63, 3.8) is 0 Å². The van der Waals surface area contributed by atoms with Gasteiger partial charge in [0.15, 0.2) is 0 Å². The molecule has 0 radical (unpaired) electrons. The van der Waals surface area contributed by atoms with Gasteiger partial charge >= 0.3 is 0 Å². The molecule has 5 nitrogen and oxygen atoms in total. The number of fused-ring (bicyclic) bond motifs is 1. The van der Waals surface area contributed by atoms with E-state index in [0.29, 0.717) is 45.7 Å². The summed E-state index contributed by atoms with van der Waals surface area (Å²) in [6, 6.07) is 13.5. The average Bonchev–Trinajstić information content (AvgIpc) is 2.90. The van der Waals surface area contributed by atoms with Crippen LogP contribution in [0.25, 0.3) is 10.9 Å². The summed E-state index contributed by atoms with van der Waals surface area (Å²) < 4.78 is 0. The van der Waals surface area contributed by atoms with Gasteiger partial charge in [0.1, 0.15) is 0 Å². The molecule has 0 spiro atoms. The van der Waals surface area contributed by atoms with Gasteiger partial charge in [0.25, 0.3) is 5.91 Å². The van der Waals surface area contributed by atoms with Gasteiger partial charge in [-0.3, -0.25) is 14.7 Å². The lowest BCUT2D eigenvalue weighted by Crippen LogP contribution is -2.52. The van der Waals surface area contributed by atoms with E-state index in [1.807, 2.05) is 35.2 Å². The smallest absolute Gasteiger partial charge is 0.254 e. The van der Waals surface area contributed by atoms with Crippen molar-refractivity contribution in [1.29, 1.82) is 0 Å². The number of likely N-dealkylation sites (tertiary alicyclic amines) is 2. The Kier molecular flexibility index (Phi) is 8.04. The van der Waals surface area contributed by atoms with E-state index in [-0.39, 0.29) is 18.4 Å². The molecule has 2 atom stereocenters. The van der Waals surface area contributed by atoms with E-state index in [4.69, 9.17) is 34.8 Å². The molecule has 2 aliphatic heterocycles. The minimum Gasteiger partial charge on any atom is -0.396 e. The quantitative estimate of drug-likeness (QED) is 0.428. The fourth-order valence-corrected chi connectivity index (χ4v) is 6.42. The van der Waals surface area contributed by atoms with Crippen LogP contribution >= 0.6 is 34.8 Å². The van der Waals surface area contributed by atoms with Crippen molar-refractivity contribution in [3.05, 3.63) is 74.9 Å². The van der Waals surface area contributed by atoms with Gasteiger partial charge in [-0.05, 0) is 80.0 Å². The van der Waals surface area contributed by atoms with E-state index in [2.05, 4.69) is 9.88 Å². The van der Waals surface area contributed by atoms with E-state index >= 15 is 0 Å². The Hall–Kier alpha value is -1.89. The Labute approximate surface area is 227 Å². The standard InChI is InChI=1S/C28H30Cl3N3O2/c29-23-5-4-18(15-25(23)31)14-19-7-11-34(16-20(19)17-35)21-8-12-33(13-9-21)28(36)22-6-10-32-26-3-1-2-24(30)27(22)26/h1-6,10,15,19-21,35H,7-9,11-14,16-17H2/t19-,20+/m1/s1. The van der Waals surface area contributed by atoms with E-state index in [0.717, 1.165) is 55.2 Å². The second-order valence-electron chi connectivity index (χ2n) is 9.95. The number of amides is 1. The molecule has 1 amide bonds. The van der Waals surface area contributed by atoms with E-state index in [1.165, 1.54) is 0 Å². The highest BCUT2D eigenvalue weighted by Gasteiger charge is 2.34. The molecule has 8 heteroatoms. The Balaban J connectivity index is 1.20. The summed E-state index contributed by atoms with van der Waals surface area (Å²) in [6.07, 6.45) is 5.46. The van der Waals surface area contributed by atoms with Crippen LogP contribution in [0.5, 0.6) is 0 Å². The van der Waals surface area contributed by atoms with Crippen molar-refractivity contribution in [2.45, 2.75) is 31.7 Å². The minimum absolute atomic E-state index is 0.0162. The number of rotatable bonds is 5. The molecule has 2 fully saturated rings. The van der Waals surface area contributed by atoms with Crippen LogP contribution in [0.15, 0.2) is 48.7 Å². The maximum absolute atomic E-state index is 13.4. The summed E-state index contributed by atoms with van der Waals surface area (Å²) in [4.78, 5) is 22.2. The van der Waals surface area contributed by atoms with Crippen molar-refractivity contribution >= 4 is 51.6 Å².